The van der Waals surface area contributed by atoms with Crippen LogP contribution >= 0.6 is 0 Å². The number of imide groups is 1. The lowest BCUT2D eigenvalue weighted by molar-refractivity contribution is -0.135. The summed E-state index contributed by atoms with van der Waals surface area (Å²) >= 11 is 0. The van der Waals surface area contributed by atoms with Crippen molar-refractivity contribution in [2.24, 2.45) is 0 Å². The van der Waals surface area contributed by atoms with Gasteiger partial charge in [0.15, 0.2) is 0 Å². The van der Waals surface area contributed by atoms with Crippen molar-refractivity contribution in [1.82, 2.24) is 15.5 Å². The highest BCUT2D eigenvalue weighted by atomic mass is 16.5. The Morgan fingerprint density at radius 3 is 2.37 bits per heavy atom. The zero-order chi connectivity index (χ0) is 20.4. The highest BCUT2D eigenvalue weighted by Crippen LogP contribution is 2.31. The normalized spacial score (nSPS) is 21.2. The van der Waals surface area contributed by atoms with E-state index in [0.29, 0.717) is 12.2 Å². The van der Waals surface area contributed by atoms with E-state index in [0.717, 1.165) is 10.5 Å². The van der Waals surface area contributed by atoms with Crippen LogP contribution in [0.3, 0.4) is 0 Å². The van der Waals surface area contributed by atoms with Crippen LogP contribution in [0.15, 0.2) is 24.3 Å². The number of hydrogen-bond donors (Lipinski definition) is 2. The van der Waals surface area contributed by atoms with Gasteiger partial charge in [-0.05, 0) is 30.4 Å². The monoisotopic (exact) mass is 375 g/mol. The molecule has 0 bridgehead atoms. The fraction of sp³-hybridized carbons (Fsp3) is 0.550. The molecular formula is C20H29N3O4. The molecule has 7 nitrogen and oxygen atoms in total. The number of rotatable bonds is 6. The maximum atomic E-state index is 12.9. The molecule has 1 aliphatic heterocycles. The predicted molar refractivity (Wildman–Crippen MR) is 102 cm³/mol. The number of hydrogen-bond acceptors (Lipinski definition) is 4. The zero-order valence-corrected chi connectivity index (χ0v) is 16.9. The van der Waals surface area contributed by atoms with E-state index in [1.165, 1.54) is 7.11 Å². The van der Waals surface area contributed by atoms with Gasteiger partial charge in [0.2, 0.25) is 5.91 Å². The van der Waals surface area contributed by atoms with Crippen molar-refractivity contribution in [3.05, 3.63) is 35.4 Å². The number of carbonyl (C=O) groups is 3. The molecular weight excluding hydrogens is 346 g/mol. The van der Waals surface area contributed by atoms with Gasteiger partial charge in [0.1, 0.15) is 12.1 Å². The van der Waals surface area contributed by atoms with Crippen LogP contribution in [0, 0.1) is 0 Å². The molecule has 0 aliphatic carbocycles. The standard InChI is InChI=1S/C20H29N3O4/c1-13(12-27-6)21-16(24)11-23-17(25)20(5,22-18(23)26)15-9-7-14(8-10-15)19(2,3)4/h7-10,13H,11-12H2,1-6H3,(H,21,24)(H,22,26). The average molecular weight is 375 g/mol. The Morgan fingerprint density at radius 1 is 1.26 bits per heavy atom. The molecule has 0 spiro atoms. The van der Waals surface area contributed by atoms with Crippen LogP contribution in [0.25, 0.3) is 0 Å². The van der Waals surface area contributed by atoms with E-state index in [1.54, 1.807) is 13.8 Å². The summed E-state index contributed by atoms with van der Waals surface area (Å²) < 4.78 is 4.97. The molecule has 4 amide bonds. The van der Waals surface area contributed by atoms with E-state index in [1.807, 2.05) is 24.3 Å². The van der Waals surface area contributed by atoms with Gasteiger partial charge in [-0.3, -0.25) is 14.5 Å². The van der Waals surface area contributed by atoms with Crippen LogP contribution in [0.2, 0.25) is 0 Å². The van der Waals surface area contributed by atoms with Crippen molar-refractivity contribution in [3.8, 4) is 0 Å². The molecule has 2 atom stereocenters. The van der Waals surface area contributed by atoms with Crippen molar-refractivity contribution in [1.29, 1.82) is 0 Å². The topological polar surface area (TPSA) is 87.7 Å². The molecule has 27 heavy (non-hydrogen) atoms. The largest absolute Gasteiger partial charge is 0.383 e. The number of amides is 4. The quantitative estimate of drug-likeness (QED) is 0.744. The number of methoxy groups -OCH3 is 1. The molecule has 1 aromatic rings. The molecule has 0 aromatic heterocycles. The lowest BCUT2D eigenvalue weighted by Crippen LogP contribution is -2.45. The minimum absolute atomic E-state index is 0.00854. The summed E-state index contributed by atoms with van der Waals surface area (Å²) in [7, 11) is 1.54. The summed E-state index contributed by atoms with van der Waals surface area (Å²) in [5, 5.41) is 5.42. The minimum atomic E-state index is -1.19. The summed E-state index contributed by atoms with van der Waals surface area (Å²) in [5.41, 5.74) is 0.622. The van der Waals surface area contributed by atoms with E-state index in [2.05, 4.69) is 31.4 Å². The number of nitrogens with one attached hydrogen (secondary N) is 2. The van der Waals surface area contributed by atoms with Gasteiger partial charge in [0, 0.05) is 13.2 Å². The number of ether oxygens (including phenoxy) is 1. The first-order valence-electron chi connectivity index (χ1n) is 9.02. The van der Waals surface area contributed by atoms with E-state index in [9.17, 15) is 14.4 Å². The van der Waals surface area contributed by atoms with Crippen LogP contribution < -0.4 is 10.6 Å². The summed E-state index contributed by atoms with van der Waals surface area (Å²) in [6, 6.07) is 6.84. The van der Waals surface area contributed by atoms with Crippen molar-refractivity contribution in [2.45, 2.75) is 51.6 Å². The van der Waals surface area contributed by atoms with Gasteiger partial charge in [-0.1, -0.05) is 45.0 Å². The molecule has 1 saturated heterocycles. The van der Waals surface area contributed by atoms with Crippen LogP contribution in [-0.2, 0) is 25.3 Å². The van der Waals surface area contributed by atoms with Crippen molar-refractivity contribution < 1.29 is 19.1 Å². The van der Waals surface area contributed by atoms with Crippen molar-refractivity contribution in [3.63, 3.8) is 0 Å². The van der Waals surface area contributed by atoms with Crippen LogP contribution in [0.1, 0.15) is 45.7 Å². The third-order valence-electron chi connectivity index (χ3n) is 4.73. The summed E-state index contributed by atoms with van der Waals surface area (Å²) in [4.78, 5) is 38.3. The number of benzene rings is 1. The second kappa shape index (κ2) is 7.68. The van der Waals surface area contributed by atoms with Gasteiger partial charge < -0.3 is 15.4 Å². The molecule has 148 valence electrons. The Labute approximate surface area is 160 Å². The molecule has 1 aromatic carbocycles. The third kappa shape index (κ3) is 4.47. The molecule has 0 radical (unpaired) electrons. The predicted octanol–water partition coefficient (Wildman–Crippen LogP) is 1.90. The second-order valence-corrected chi connectivity index (χ2v) is 8.20. The maximum absolute atomic E-state index is 12.9. The Bertz CT molecular complexity index is 724. The van der Waals surface area contributed by atoms with Crippen LogP contribution in [-0.4, -0.2) is 49.0 Å². The smallest absolute Gasteiger partial charge is 0.325 e. The maximum Gasteiger partial charge on any atom is 0.325 e. The molecule has 2 unspecified atom stereocenters. The fourth-order valence-corrected chi connectivity index (χ4v) is 3.10. The third-order valence-corrected chi connectivity index (χ3v) is 4.73. The van der Waals surface area contributed by atoms with E-state index >= 15 is 0 Å². The summed E-state index contributed by atoms with van der Waals surface area (Å²) in [5.74, 6) is -0.846. The highest BCUT2D eigenvalue weighted by Gasteiger charge is 2.49. The van der Waals surface area contributed by atoms with Crippen molar-refractivity contribution in [2.75, 3.05) is 20.3 Å². The Morgan fingerprint density at radius 2 is 1.85 bits per heavy atom. The molecule has 2 rings (SSSR count). The lowest BCUT2D eigenvalue weighted by atomic mass is 9.84. The SMILES string of the molecule is COCC(C)NC(=O)CN1C(=O)NC(C)(c2ccc(C(C)(C)C)cc2)C1=O. The molecule has 7 heteroatoms. The summed E-state index contributed by atoms with van der Waals surface area (Å²) in [6.07, 6.45) is 0. The molecule has 0 saturated carbocycles. The number of carbonyl (C=O) groups excluding carboxylic acids is 3. The van der Waals surface area contributed by atoms with Crippen molar-refractivity contribution >= 4 is 17.8 Å². The average Bonchev–Trinajstić information content (AvgIpc) is 2.78. The Hall–Kier alpha value is -2.41. The summed E-state index contributed by atoms with van der Waals surface area (Å²) in [6.45, 7) is 9.79. The first kappa shape index (κ1) is 20.9. The number of nitrogens with zero attached hydrogens (tertiary/aromatic N) is 1. The minimum Gasteiger partial charge on any atom is -0.383 e. The number of urea groups is 1. The van der Waals surface area contributed by atoms with Gasteiger partial charge in [0.05, 0.1) is 6.61 Å². The van der Waals surface area contributed by atoms with Crippen LogP contribution in [0.4, 0.5) is 4.79 Å². The molecule has 2 N–H and O–H groups in total. The lowest BCUT2D eigenvalue weighted by Gasteiger charge is -2.24. The Balaban J connectivity index is 2.15. The Kier molecular flexibility index (Phi) is 5.94. The molecule has 1 aliphatic rings. The fourth-order valence-electron chi connectivity index (χ4n) is 3.10. The van der Waals surface area contributed by atoms with E-state index in [-0.39, 0.29) is 18.0 Å². The van der Waals surface area contributed by atoms with Gasteiger partial charge in [0.25, 0.3) is 5.91 Å². The van der Waals surface area contributed by atoms with Gasteiger partial charge in [-0.25, -0.2) is 4.79 Å². The highest BCUT2D eigenvalue weighted by molar-refractivity contribution is 6.09. The first-order valence-corrected chi connectivity index (χ1v) is 9.02. The molecule has 1 heterocycles. The second-order valence-electron chi connectivity index (χ2n) is 8.20. The first-order chi connectivity index (χ1) is 12.5. The van der Waals surface area contributed by atoms with Gasteiger partial charge in [-0.15, -0.1) is 0 Å². The van der Waals surface area contributed by atoms with E-state index < -0.39 is 23.4 Å². The van der Waals surface area contributed by atoms with Crippen LogP contribution in [0.5, 0.6) is 0 Å². The van der Waals surface area contributed by atoms with E-state index in [4.69, 9.17) is 4.74 Å². The molecule has 1 fully saturated rings. The van der Waals surface area contributed by atoms with Gasteiger partial charge >= 0.3 is 6.03 Å². The van der Waals surface area contributed by atoms with Gasteiger partial charge in [-0.2, -0.15) is 0 Å². The zero-order valence-electron chi connectivity index (χ0n) is 16.9.